The molecule has 1 aliphatic heterocycles. The molecule has 1 amide bonds. The van der Waals surface area contributed by atoms with Gasteiger partial charge in [-0.25, -0.2) is 9.59 Å². The molecule has 1 fully saturated rings. The van der Waals surface area contributed by atoms with E-state index in [1.807, 2.05) is 39.8 Å². The first kappa shape index (κ1) is 20.2. The number of carbonyl (C=O) groups is 2. The smallest absolute Gasteiger partial charge is 0.407 e. The maximum absolute atomic E-state index is 11.9. The second-order valence-corrected chi connectivity index (χ2v) is 7.91. The van der Waals surface area contributed by atoms with Gasteiger partial charge in [0, 0.05) is 19.1 Å². The zero-order valence-electron chi connectivity index (χ0n) is 16.4. The third kappa shape index (κ3) is 6.02. The standard InChI is InChI=1S/C20H30N2O4/c1-14(21-19(24)26-20(2,3)4)17-10-11-22(13-17)12-15-6-8-16(9-7-15)18(23)25-5/h6-9,14,17H,10-13H2,1-5H3,(H,21,24)/t14-,17+/m1/s1. The Bertz CT molecular complexity index is 622. The van der Waals surface area contributed by atoms with Gasteiger partial charge in [0.15, 0.2) is 0 Å². The molecule has 1 aliphatic rings. The van der Waals surface area contributed by atoms with Crippen LogP contribution < -0.4 is 5.32 Å². The summed E-state index contributed by atoms with van der Waals surface area (Å²) in [6.45, 7) is 10.4. The molecule has 0 bridgehead atoms. The quantitative estimate of drug-likeness (QED) is 0.815. The molecule has 144 valence electrons. The van der Waals surface area contributed by atoms with Gasteiger partial charge in [-0.2, -0.15) is 0 Å². The van der Waals surface area contributed by atoms with Crippen LogP contribution in [0.4, 0.5) is 4.79 Å². The number of alkyl carbamates (subject to hydrolysis) is 1. The van der Waals surface area contributed by atoms with Crippen LogP contribution in [0.2, 0.25) is 0 Å². The number of nitrogens with one attached hydrogen (secondary N) is 1. The second-order valence-electron chi connectivity index (χ2n) is 7.91. The molecular weight excluding hydrogens is 332 g/mol. The zero-order chi connectivity index (χ0) is 19.3. The van der Waals surface area contributed by atoms with Gasteiger partial charge in [0.25, 0.3) is 0 Å². The summed E-state index contributed by atoms with van der Waals surface area (Å²) in [4.78, 5) is 25.8. The molecule has 6 heteroatoms. The van der Waals surface area contributed by atoms with Crippen LogP contribution in [-0.2, 0) is 16.0 Å². The van der Waals surface area contributed by atoms with Crippen molar-refractivity contribution in [2.75, 3.05) is 20.2 Å². The highest BCUT2D eigenvalue weighted by Crippen LogP contribution is 2.22. The van der Waals surface area contributed by atoms with Crippen molar-refractivity contribution in [3.05, 3.63) is 35.4 Å². The SMILES string of the molecule is COC(=O)c1ccc(CN2CC[C@H]([C@@H](C)NC(=O)OC(C)(C)C)C2)cc1. The Hall–Kier alpha value is -2.08. The molecule has 0 aliphatic carbocycles. The minimum Gasteiger partial charge on any atom is -0.465 e. The molecule has 0 radical (unpaired) electrons. The summed E-state index contributed by atoms with van der Waals surface area (Å²) < 4.78 is 10.0. The van der Waals surface area contributed by atoms with Crippen molar-refractivity contribution >= 4 is 12.1 Å². The van der Waals surface area contributed by atoms with E-state index in [-0.39, 0.29) is 18.1 Å². The number of hydrogen-bond acceptors (Lipinski definition) is 5. The van der Waals surface area contributed by atoms with Crippen molar-refractivity contribution in [1.29, 1.82) is 0 Å². The number of ether oxygens (including phenoxy) is 2. The maximum Gasteiger partial charge on any atom is 0.407 e. The van der Waals surface area contributed by atoms with E-state index in [1.54, 1.807) is 12.1 Å². The number of carbonyl (C=O) groups excluding carboxylic acids is 2. The maximum atomic E-state index is 11.9. The van der Waals surface area contributed by atoms with E-state index in [0.717, 1.165) is 31.6 Å². The Balaban J connectivity index is 1.82. The van der Waals surface area contributed by atoms with E-state index in [0.29, 0.717) is 11.5 Å². The van der Waals surface area contributed by atoms with E-state index in [2.05, 4.69) is 10.2 Å². The molecule has 1 aromatic rings. The average molecular weight is 362 g/mol. The van der Waals surface area contributed by atoms with Crippen LogP contribution in [0.15, 0.2) is 24.3 Å². The number of nitrogens with zero attached hydrogens (tertiary/aromatic N) is 1. The minimum atomic E-state index is -0.484. The largest absolute Gasteiger partial charge is 0.465 e. The molecule has 1 N–H and O–H groups in total. The van der Waals surface area contributed by atoms with Gasteiger partial charge < -0.3 is 14.8 Å². The van der Waals surface area contributed by atoms with Crippen LogP contribution in [0.3, 0.4) is 0 Å². The lowest BCUT2D eigenvalue weighted by Gasteiger charge is -2.25. The first-order valence-corrected chi connectivity index (χ1v) is 9.07. The molecular formula is C20H30N2O4. The highest BCUT2D eigenvalue weighted by molar-refractivity contribution is 5.89. The fourth-order valence-corrected chi connectivity index (χ4v) is 3.15. The molecule has 0 saturated carbocycles. The van der Waals surface area contributed by atoms with Crippen molar-refractivity contribution in [2.24, 2.45) is 5.92 Å². The van der Waals surface area contributed by atoms with Crippen molar-refractivity contribution in [3.8, 4) is 0 Å². The van der Waals surface area contributed by atoms with Gasteiger partial charge in [-0.1, -0.05) is 12.1 Å². The lowest BCUT2D eigenvalue weighted by Crippen LogP contribution is -2.42. The monoisotopic (exact) mass is 362 g/mol. The number of rotatable bonds is 5. The molecule has 0 unspecified atom stereocenters. The van der Waals surface area contributed by atoms with Crippen LogP contribution in [0.25, 0.3) is 0 Å². The van der Waals surface area contributed by atoms with Gasteiger partial charge in [0.2, 0.25) is 0 Å². The van der Waals surface area contributed by atoms with Crippen LogP contribution >= 0.6 is 0 Å². The van der Waals surface area contributed by atoms with E-state index < -0.39 is 5.60 Å². The molecule has 1 aromatic carbocycles. The lowest BCUT2D eigenvalue weighted by atomic mass is 10.0. The Morgan fingerprint density at radius 2 is 1.92 bits per heavy atom. The number of benzene rings is 1. The topological polar surface area (TPSA) is 67.9 Å². The van der Waals surface area contributed by atoms with Crippen LogP contribution in [-0.4, -0.2) is 48.8 Å². The highest BCUT2D eigenvalue weighted by Gasteiger charge is 2.29. The Kier molecular flexibility index (Phi) is 6.64. The fourth-order valence-electron chi connectivity index (χ4n) is 3.15. The highest BCUT2D eigenvalue weighted by atomic mass is 16.6. The number of esters is 1. The normalized spacial score (nSPS) is 19.0. The van der Waals surface area contributed by atoms with Gasteiger partial charge in [-0.3, -0.25) is 4.90 Å². The zero-order valence-corrected chi connectivity index (χ0v) is 16.4. The first-order valence-electron chi connectivity index (χ1n) is 9.07. The third-order valence-electron chi connectivity index (χ3n) is 4.54. The molecule has 6 nitrogen and oxygen atoms in total. The van der Waals surface area contributed by atoms with Gasteiger partial charge in [-0.05, 0) is 64.3 Å². The van der Waals surface area contributed by atoms with Gasteiger partial charge in [0.1, 0.15) is 5.60 Å². The molecule has 26 heavy (non-hydrogen) atoms. The predicted octanol–water partition coefficient (Wildman–Crippen LogP) is 3.21. The van der Waals surface area contributed by atoms with E-state index in [4.69, 9.17) is 9.47 Å². The lowest BCUT2D eigenvalue weighted by molar-refractivity contribution is 0.0491. The van der Waals surface area contributed by atoms with Crippen LogP contribution in [0, 0.1) is 5.92 Å². The second kappa shape index (κ2) is 8.54. The Labute approximate surface area is 155 Å². The summed E-state index contributed by atoms with van der Waals surface area (Å²) >= 11 is 0. The Morgan fingerprint density at radius 1 is 1.27 bits per heavy atom. The summed E-state index contributed by atoms with van der Waals surface area (Å²) in [5, 5.41) is 2.95. The van der Waals surface area contributed by atoms with Crippen molar-refractivity contribution in [3.63, 3.8) is 0 Å². The van der Waals surface area contributed by atoms with E-state index >= 15 is 0 Å². The summed E-state index contributed by atoms with van der Waals surface area (Å²) in [5.41, 5.74) is 1.23. The van der Waals surface area contributed by atoms with Crippen molar-refractivity contribution in [2.45, 2.75) is 52.3 Å². The first-order chi connectivity index (χ1) is 12.2. The van der Waals surface area contributed by atoms with Crippen LogP contribution in [0.5, 0.6) is 0 Å². The molecule has 0 aromatic heterocycles. The molecule has 1 saturated heterocycles. The van der Waals surface area contributed by atoms with Gasteiger partial charge in [0.05, 0.1) is 12.7 Å². The molecule has 2 atom stereocenters. The molecule has 1 heterocycles. The Morgan fingerprint density at radius 3 is 2.50 bits per heavy atom. The molecule has 2 rings (SSSR count). The van der Waals surface area contributed by atoms with Crippen molar-refractivity contribution in [1.82, 2.24) is 10.2 Å². The summed E-state index contributed by atoms with van der Waals surface area (Å²) in [6.07, 6.45) is 0.679. The number of amides is 1. The third-order valence-corrected chi connectivity index (χ3v) is 4.54. The minimum absolute atomic E-state index is 0.0663. The predicted molar refractivity (Wildman–Crippen MR) is 100.0 cm³/mol. The fraction of sp³-hybridized carbons (Fsp3) is 0.600. The van der Waals surface area contributed by atoms with Gasteiger partial charge in [-0.15, -0.1) is 0 Å². The van der Waals surface area contributed by atoms with E-state index in [9.17, 15) is 9.59 Å². The summed E-state index contributed by atoms with van der Waals surface area (Å²) in [6, 6.07) is 7.57. The summed E-state index contributed by atoms with van der Waals surface area (Å²) in [5.74, 6) is 0.0803. The number of hydrogen-bond donors (Lipinski definition) is 1. The van der Waals surface area contributed by atoms with Crippen molar-refractivity contribution < 1.29 is 19.1 Å². The molecule has 0 spiro atoms. The number of likely N-dealkylation sites (tertiary alicyclic amines) is 1. The number of methoxy groups -OCH3 is 1. The summed E-state index contributed by atoms with van der Waals surface area (Å²) in [7, 11) is 1.38. The average Bonchev–Trinajstić information content (AvgIpc) is 3.01. The van der Waals surface area contributed by atoms with Gasteiger partial charge >= 0.3 is 12.1 Å². The van der Waals surface area contributed by atoms with E-state index in [1.165, 1.54) is 7.11 Å². The van der Waals surface area contributed by atoms with Crippen LogP contribution in [0.1, 0.15) is 50.0 Å².